The van der Waals surface area contributed by atoms with Gasteiger partial charge < -0.3 is 11.1 Å². The van der Waals surface area contributed by atoms with Crippen LogP contribution in [0, 0.1) is 11.3 Å². The van der Waals surface area contributed by atoms with Crippen molar-refractivity contribution in [2.24, 2.45) is 17.1 Å². The Balaban J connectivity index is 2.05. The molecule has 1 amide bonds. The summed E-state index contributed by atoms with van der Waals surface area (Å²) in [5, 5.41) is 2.67. The molecule has 0 aromatic heterocycles. The maximum Gasteiger partial charge on any atom is 0.393 e. The molecule has 2 aliphatic rings. The lowest BCUT2D eigenvalue weighted by Crippen LogP contribution is -2.53. The van der Waals surface area contributed by atoms with Gasteiger partial charge in [0.05, 0.1) is 11.3 Å². The van der Waals surface area contributed by atoms with Gasteiger partial charge in [-0.25, -0.2) is 0 Å². The van der Waals surface area contributed by atoms with Crippen LogP contribution in [-0.2, 0) is 4.79 Å². The minimum Gasteiger partial charge on any atom is -0.352 e. The third kappa shape index (κ3) is 3.10. The molecule has 20 heavy (non-hydrogen) atoms. The summed E-state index contributed by atoms with van der Waals surface area (Å²) in [5.74, 6) is -1.67. The van der Waals surface area contributed by atoms with Gasteiger partial charge in [0.2, 0.25) is 5.91 Å². The fraction of sp³-hybridized carbons (Fsp3) is 0.929. The van der Waals surface area contributed by atoms with Gasteiger partial charge in [-0.15, -0.1) is 0 Å². The molecule has 0 aliphatic heterocycles. The molecule has 2 atom stereocenters. The Morgan fingerprint density at radius 2 is 1.75 bits per heavy atom. The van der Waals surface area contributed by atoms with Gasteiger partial charge in [0.1, 0.15) is 0 Å². The molecule has 0 aromatic rings. The summed E-state index contributed by atoms with van der Waals surface area (Å²) in [6.07, 6.45) is 0.865. The number of amides is 1. The molecular weight excluding hydrogens is 269 g/mol. The summed E-state index contributed by atoms with van der Waals surface area (Å²) in [5.41, 5.74) is 5.08. The highest BCUT2D eigenvalue weighted by molar-refractivity contribution is 5.83. The molecule has 3 nitrogen and oxygen atoms in total. The molecule has 0 aromatic carbocycles. The SMILES string of the molecule is NCC1(C(=O)NC2CCCCC2C(F)(F)F)CCCC1. The molecule has 3 N–H and O–H groups in total. The highest BCUT2D eigenvalue weighted by Gasteiger charge is 2.48. The van der Waals surface area contributed by atoms with E-state index in [1.807, 2.05) is 0 Å². The summed E-state index contributed by atoms with van der Waals surface area (Å²) in [6.45, 7) is 0.224. The molecule has 116 valence electrons. The van der Waals surface area contributed by atoms with Crippen LogP contribution in [0.4, 0.5) is 13.2 Å². The van der Waals surface area contributed by atoms with Crippen molar-refractivity contribution in [3.05, 3.63) is 0 Å². The summed E-state index contributed by atoms with van der Waals surface area (Å²) >= 11 is 0. The minimum atomic E-state index is -4.23. The first-order chi connectivity index (χ1) is 9.39. The third-order valence-corrected chi connectivity index (χ3v) is 4.94. The Hall–Kier alpha value is -0.780. The van der Waals surface area contributed by atoms with E-state index in [1.54, 1.807) is 0 Å². The van der Waals surface area contributed by atoms with E-state index in [4.69, 9.17) is 5.73 Å². The van der Waals surface area contributed by atoms with Gasteiger partial charge in [0.15, 0.2) is 0 Å². The van der Waals surface area contributed by atoms with E-state index < -0.39 is 23.6 Å². The van der Waals surface area contributed by atoms with E-state index in [0.29, 0.717) is 25.7 Å². The van der Waals surface area contributed by atoms with Gasteiger partial charge in [-0.05, 0) is 25.7 Å². The topological polar surface area (TPSA) is 55.1 Å². The third-order valence-electron chi connectivity index (χ3n) is 4.94. The molecule has 6 heteroatoms. The molecule has 0 heterocycles. The number of rotatable bonds is 3. The fourth-order valence-electron chi connectivity index (χ4n) is 3.59. The molecule has 2 rings (SSSR count). The lowest BCUT2D eigenvalue weighted by molar-refractivity contribution is -0.189. The van der Waals surface area contributed by atoms with Crippen LogP contribution in [0.3, 0.4) is 0 Å². The van der Waals surface area contributed by atoms with Crippen molar-refractivity contribution >= 4 is 5.91 Å². The predicted octanol–water partition coefficient (Wildman–Crippen LogP) is 2.74. The molecule has 2 saturated carbocycles. The van der Waals surface area contributed by atoms with Crippen LogP contribution in [0.25, 0.3) is 0 Å². The largest absolute Gasteiger partial charge is 0.393 e. The van der Waals surface area contributed by atoms with Crippen LogP contribution in [0.2, 0.25) is 0 Å². The summed E-state index contributed by atoms with van der Waals surface area (Å²) in [7, 11) is 0. The van der Waals surface area contributed by atoms with Crippen molar-refractivity contribution in [3.8, 4) is 0 Å². The van der Waals surface area contributed by atoms with Crippen LogP contribution in [0.15, 0.2) is 0 Å². The first-order valence-corrected chi connectivity index (χ1v) is 7.47. The zero-order chi connectivity index (χ0) is 14.8. The van der Waals surface area contributed by atoms with Crippen molar-refractivity contribution in [1.82, 2.24) is 5.32 Å². The maximum absolute atomic E-state index is 13.0. The van der Waals surface area contributed by atoms with E-state index in [0.717, 1.165) is 19.3 Å². The number of alkyl halides is 3. The number of halogens is 3. The Morgan fingerprint density at radius 3 is 2.30 bits per heavy atom. The Bertz CT molecular complexity index is 351. The summed E-state index contributed by atoms with van der Waals surface area (Å²) < 4.78 is 39.1. The number of nitrogens with two attached hydrogens (primary N) is 1. The normalized spacial score (nSPS) is 30.2. The Labute approximate surface area is 117 Å². The molecule has 0 saturated heterocycles. The van der Waals surface area contributed by atoms with Gasteiger partial charge in [0.25, 0.3) is 0 Å². The first-order valence-electron chi connectivity index (χ1n) is 7.47. The number of nitrogens with one attached hydrogen (secondary N) is 1. The molecular formula is C14H23F3N2O. The highest BCUT2D eigenvalue weighted by atomic mass is 19.4. The fourth-order valence-corrected chi connectivity index (χ4v) is 3.59. The second-order valence-corrected chi connectivity index (χ2v) is 6.20. The van der Waals surface area contributed by atoms with Gasteiger partial charge in [-0.1, -0.05) is 25.7 Å². The van der Waals surface area contributed by atoms with Crippen LogP contribution < -0.4 is 11.1 Å². The summed E-state index contributed by atoms with van der Waals surface area (Å²) in [6, 6.07) is -0.778. The lowest BCUT2D eigenvalue weighted by Gasteiger charge is -2.36. The van der Waals surface area contributed by atoms with Crippen molar-refractivity contribution in [3.63, 3.8) is 0 Å². The van der Waals surface area contributed by atoms with E-state index in [-0.39, 0.29) is 18.9 Å². The van der Waals surface area contributed by atoms with Gasteiger partial charge in [-0.2, -0.15) is 13.2 Å². The maximum atomic E-state index is 13.0. The lowest BCUT2D eigenvalue weighted by atomic mass is 9.81. The Kier molecular flexibility index (Phi) is 4.62. The zero-order valence-corrected chi connectivity index (χ0v) is 11.6. The number of carbonyl (C=O) groups excluding carboxylic acids is 1. The van der Waals surface area contributed by atoms with E-state index in [9.17, 15) is 18.0 Å². The van der Waals surface area contributed by atoms with Crippen molar-refractivity contribution in [2.75, 3.05) is 6.54 Å². The number of carbonyl (C=O) groups is 1. The van der Waals surface area contributed by atoms with Crippen LogP contribution in [0.5, 0.6) is 0 Å². The van der Waals surface area contributed by atoms with Crippen LogP contribution in [0.1, 0.15) is 51.4 Å². The minimum absolute atomic E-state index is 0.115. The average Bonchev–Trinajstić information content (AvgIpc) is 2.88. The second kappa shape index (κ2) is 5.92. The standard InChI is InChI=1S/C14H23F3N2O/c15-14(16,17)10-5-1-2-6-11(10)19-12(20)13(9-18)7-3-4-8-13/h10-11H,1-9,18H2,(H,19,20). The molecule has 0 bridgehead atoms. The molecule has 2 unspecified atom stereocenters. The zero-order valence-electron chi connectivity index (χ0n) is 11.6. The summed E-state index contributed by atoms with van der Waals surface area (Å²) in [4.78, 5) is 12.4. The van der Waals surface area contributed by atoms with E-state index in [2.05, 4.69) is 5.32 Å². The number of hydrogen-bond donors (Lipinski definition) is 2. The van der Waals surface area contributed by atoms with E-state index >= 15 is 0 Å². The van der Waals surface area contributed by atoms with Crippen LogP contribution in [-0.4, -0.2) is 24.7 Å². The second-order valence-electron chi connectivity index (χ2n) is 6.20. The van der Waals surface area contributed by atoms with Crippen molar-refractivity contribution in [1.29, 1.82) is 0 Å². The average molecular weight is 292 g/mol. The molecule has 2 aliphatic carbocycles. The van der Waals surface area contributed by atoms with Gasteiger partial charge in [-0.3, -0.25) is 4.79 Å². The monoisotopic (exact) mass is 292 g/mol. The molecule has 0 spiro atoms. The predicted molar refractivity (Wildman–Crippen MR) is 69.9 cm³/mol. The molecule has 0 radical (unpaired) electrons. The molecule has 2 fully saturated rings. The first kappa shape index (κ1) is 15.6. The van der Waals surface area contributed by atoms with Crippen molar-refractivity contribution in [2.45, 2.75) is 63.6 Å². The van der Waals surface area contributed by atoms with E-state index in [1.165, 1.54) is 0 Å². The highest BCUT2D eigenvalue weighted by Crippen LogP contribution is 2.40. The smallest absolute Gasteiger partial charge is 0.352 e. The quantitative estimate of drug-likeness (QED) is 0.840. The van der Waals surface area contributed by atoms with Crippen molar-refractivity contribution < 1.29 is 18.0 Å². The number of hydrogen-bond acceptors (Lipinski definition) is 2. The van der Waals surface area contributed by atoms with Gasteiger partial charge in [0, 0.05) is 12.6 Å². The van der Waals surface area contributed by atoms with Crippen LogP contribution >= 0.6 is 0 Å². The Morgan fingerprint density at radius 1 is 1.15 bits per heavy atom. The van der Waals surface area contributed by atoms with Gasteiger partial charge >= 0.3 is 6.18 Å².